The van der Waals surface area contributed by atoms with Crippen molar-refractivity contribution in [3.8, 4) is 136 Å². The van der Waals surface area contributed by atoms with Gasteiger partial charge in [-0.3, -0.25) is 0 Å². The van der Waals surface area contributed by atoms with E-state index in [4.69, 9.17) is 44.9 Å². The van der Waals surface area contributed by atoms with Gasteiger partial charge in [0, 0.05) is 60.9 Å². The van der Waals surface area contributed by atoms with Crippen LogP contribution in [0.15, 0.2) is 455 Å². The fourth-order valence-corrected chi connectivity index (χ4v) is 21.2. The Hall–Kier alpha value is -17.5. The standard InChI is InChI=1S/C48H31N3.C42H29N3.C38H27N3/c1-3-17-39(18-4-1)48(40-19-5-2-6-20-40)43-22-12-11-21-41(43)42-28-27-38(31-44(42)48)47-50-45(36-25-23-32-13-7-9-15-34(32)29-36)49-46(51-47)37-26-24-33-14-8-10-16-35(33)30-37;1-42(2)37-25-34(19-20-35(37)36-23-30-13-7-8-14-31(30)24-38(36)42)41-44-39(32-17-15-26-9-3-5-11-28(26)21-32)43-40(45-41)33-18-16-27-10-4-6-12-29(27)22-33;1-38(2)33-14-8-7-13-31(33)32-20-19-30(23-34(32)38)37-40-35(28-17-15-24-9-3-5-11-26(24)21-28)39-36(41-37)29-18-16-25-10-4-6-12-27(25)22-29/h1-31H;3-25H,1-2H3;3-23H,1-2H3. The van der Waals surface area contributed by atoms with Gasteiger partial charge in [-0.05, 0) is 220 Å². The summed E-state index contributed by atoms with van der Waals surface area (Å²) in [5.74, 6) is 5.98. The Bertz CT molecular complexity index is 8680. The Morgan fingerprint density at radius 1 is 0.131 bits per heavy atom. The first kappa shape index (κ1) is 81.5. The molecule has 3 heterocycles. The van der Waals surface area contributed by atoms with Gasteiger partial charge in [-0.25, -0.2) is 44.9 Å². The molecule has 9 heteroatoms. The lowest BCUT2D eigenvalue weighted by atomic mass is 9.67. The van der Waals surface area contributed by atoms with Crippen LogP contribution in [0.3, 0.4) is 0 Å². The Kier molecular flexibility index (Phi) is 19.6. The molecule has 137 heavy (non-hydrogen) atoms. The van der Waals surface area contributed by atoms with E-state index in [9.17, 15) is 0 Å². The van der Waals surface area contributed by atoms with Crippen molar-refractivity contribution < 1.29 is 0 Å². The van der Waals surface area contributed by atoms with Gasteiger partial charge in [0.1, 0.15) is 0 Å². The van der Waals surface area contributed by atoms with Gasteiger partial charge >= 0.3 is 0 Å². The van der Waals surface area contributed by atoms with Crippen LogP contribution in [-0.2, 0) is 16.2 Å². The van der Waals surface area contributed by atoms with Crippen LogP contribution in [0.5, 0.6) is 0 Å². The van der Waals surface area contributed by atoms with Crippen molar-refractivity contribution in [1.29, 1.82) is 0 Å². The van der Waals surface area contributed by atoms with Crippen LogP contribution in [-0.4, -0.2) is 44.9 Å². The molecule has 644 valence electrons. The Balaban J connectivity index is 0.000000110. The van der Waals surface area contributed by atoms with Crippen LogP contribution in [0.25, 0.3) is 211 Å². The smallest absolute Gasteiger partial charge is 0.164 e. The summed E-state index contributed by atoms with van der Waals surface area (Å²) >= 11 is 0. The van der Waals surface area contributed by atoms with Gasteiger partial charge in [0.2, 0.25) is 0 Å². The lowest BCUT2D eigenvalue weighted by molar-refractivity contribution is 0.660. The summed E-state index contributed by atoms with van der Waals surface area (Å²) in [5, 5.41) is 16.6. The van der Waals surface area contributed by atoms with Gasteiger partial charge in [-0.1, -0.05) is 416 Å². The minimum absolute atomic E-state index is 0.0999. The number of fused-ring (bicyclic) bond motifs is 16. The molecule has 0 radical (unpaired) electrons. The maximum Gasteiger partial charge on any atom is 0.164 e. The molecule has 0 saturated heterocycles. The maximum atomic E-state index is 5.21. The first-order chi connectivity index (χ1) is 67.3. The lowest BCUT2D eigenvalue weighted by Gasteiger charge is -2.34. The Labute approximate surface area is 794 Å². The van der Waals surface area contributed by atoms with E-state index in [2.05, 4.69) is 483 Å². The third kappa shape index (κ3) is 14.4. The molecule has 3 aliphatic rings. The molecule has 0 amide bonds. The van der Waals surface area contributed by atoms with E-state index in [1.165, 1.54) is 121 Å². The Morgan fingerprint density at radius 3 is 0.642 bits per heavy atom. The fourth-order valence-electron chi connectivity index (χ4n) is 21.2. The molecule has 3 aromatic heterocycles. The second-order valence-corrected chi connectivity index (χ2v) is 37.1. The zero-order valence-electron chi connectivity index (χ0n) is 75.8. The first-order valence-electron chi connectivity index (χ1n) is 46.8. The van der Waals surface area contributed by atoms with Crippen molar-refractivity contribution in [3.63, 3.8) is 0 Å². The molecule has 0 aliphatic heterocycles. The van der Waals surface area contributed by atoms with E-state index in [-0.39, 0.29) is 10.8 Å². The number of hydrogen-bond acceptors (Lipinski definition) is 9. The fraction of sp³-hybridized carbons (Fsp3) is 0.0547. The minimum Gasteiger partial charge on any atom is -0.208 e. The lowest BCUT2D eigenvalue weighted by Crippen LogP contribution is -2.28. The molecular formula is C128H87N9. The molecule has 0 N–H and O–H groups in total. The van der Waals surface area contributed by atoms with Crippen molar-refractivity contribution in [2.45, 2.75) is 43.9 Å². The number of hydrogen-bond donors (Lipinski definition) is 0. The van der Waals surface area contributed by atoms with Gasteiger partial charge < -0.3 is 0 Å². The highest BCUT2D eigenvalue weighted by molar-refractivity contribution is 5.98. The van der Waals surface area contributed by atoms with Crippen molar-refractivity contribution in [1.82, 2.24) is 44.9 Å². The molecule has 9 nitrogen and oxygen atoms in total. The summed E-state index contributed by atoms with van der Waals surface area (Å²) in [7, 11) is 0. The largest absolute Gasteiger partial charge is 0.208 e. The average Bonchev–Trinajstić information content (AvgIpc) is 1.54. The average molecular weight is 1750 g/mol. The van der Waals surface area contributed by atoms with Crippen LogP contribution >= 0.6 is 0 Å². The van der Waals surface area contributed by atoms with Crippen molar-refractivity contribution in [3.05, 3.63) is 499 Å². The van der Waals surface area contributed by atoms with E-state index in [1.807, 2.05) is 0 Å². The summed E-state index contributed by atoms with van der Waals surface area (Å²) < 4.78 is 0. The van der Waals surface area contributed by atoms with Crippen LogP contribution < -0.4 is 0 Å². The molecule has 0 saturated carbocycles. The highest BCUT2D eigenvalue weighted by atomic mass is 15.1. The molecule has 3 aliphatic carbocycles. The van der Waals surface area contributed by atoms with E-state index in [1.54, 1.807) is 0 Å². The van der Waals surface area contributed by atoms with Gasteiger partial charge in [0.25, 0.3) is 0 Å². The predicted molar refractivity (Wildman–Crippen MR) is 563 cm³/mol. The summed E-state index contributed by atoms with van der Waals surface area (Å²) in [5.41, 5.74) is 25.9. The van der Waals surface area contributed by atoms with Crippen LogP contribution in [0.1, 0.15) is 72.2 Å². The molecule has 0 atom stereocenters. The first-order valence-corrected chi connectivity index (χ1v) is 46.8. The predicted octanol–water partition coefficient (Wildman–Crippen LogP) is 31.7. The van der Waals surface area contributed by atoms with Gasteiger partial charge in [0.05, 0.1) is 5.41 Å². The molecule has 21 aromatic carbocycles. The van der Waals surface area contributed by atoms with Crippen LogP contribution in [0.4, 0.5) is 0 Å². The third-order valence-electron chi connectivity index (χ3n) is 28.3. The van der Waals surface area contributed by atoms with Gasteiger partial charge in [-0.2, -0.15) is 0 Å². The second-order valence-electron chi connectivity index (χ2n) is 37.1. The van der Waals surface area contributed by atoms with Crippen molar-refractivity contribution in [2.75, 3.05) is 0 Å². The molecule has 27 rings (SSSR count). The SMILES string of the molecule is CC1(C)c2cc(-c3nc(-c4ccc5ccccc5c4)nc(-c4ccc5ccccc5c4)n3)ccc2-c2cc3ccccc3cc21.CC1(C)c2ccccc2-c2ccc(-c3nc(-c4ccc5ccccc5c4)nc(-c4ccc5ccccc5c4)n3)cc21.c1ccc(C2(c3ccccc3)c3ccccc3-c3ccc(-c4nc(-c5ccc6ccccc6c5)nc(-c5ccc6ccccc6c5)n4)cc32)cc1. The van der Waals surface area contributed by atoms with Crippen LogP contribution in [0.2, 0.25) is 0 Å². The van der Waals surface area contributed by atoms with Gasteiger partial charge in [0.15, 0.2) is 52.4 Å². The number of rotatable bonds is 11. The molecular weight excluding hydrogens is 1660 g/mol. The normalized spacial score (nSPS) is 13.1. The van der Waals surface area contributed by atoms with E-state index in [0.29, 0.717) is 52.4 Å². The quantitative estimate of drug-likeness (QED) is 0.125. The van der Waals surface area contributed by atoms with Crippen molar-refractivity contribution in [2.24, 2.45) is 0 Å². The third-order valence-corrected chi connectivity index (χ3v) is 28.3. The maximum absolute atomic E-state index is 5.21. The van der Waals surface area contributed by atoms with Crippen LogP contribution in [0, 0.1) is 0 Å². The summed E-state index contributed by atoms with van der Waals surface area (Å²) in [6, 6.07) is 162. The second kappa shape index (κ2) is 33.0. The molecule has 0 unspecified atom stereocenters. The molecule has 0 fully saturated rings. The summed E-state index contributed by atoms with van der Waals surface area (Å²) in [4.78, 5) is 46.0. The highest BCUT2D eigenvalue weighted by Gasteiger charge is 2.47. The number of benzene rings is 21. The topological polar surface area (TPSA) is 116 Å². The monoisotopic (exact) mass is 1750 g/mol. The molecule has 24 aromatic rings. The molecule has 0 spiro atoms. The summed E-state index contributed by atoms with van der Waals surface area (Å²) in [6.07, 6.45) is 0. The number of nitrogens with zero attached hydrogens (tertiary/aromatic N) is 9. The summed E-state index contributed by atoms with van der Waals surface area (Å²) in [6.45, 7) is 9.25. The highest BCUT2D eigenvalue weighted by Crippen LogP contribution is 2.58. The number of aromatic nitrogens is 9. The Morgan fingerprint density at radius 2 is 0.328 bits per heavy atom. The minimum atomic E-state index is -0.514. The van der Waals surface area contributed by atoms with Gasteiger partial charge in [-0.15, -0.1) is 0 Å². The molecule has 0 bridgehead atoms. The van der Waals surface area contributed by atoms with E-state index in [0.717, 1.165) is 82.4 Å². The van der Waals surface area contributed by atoms with Crippen molar-refractivity contribution >= 4 is 75.4 Å². The zero-order chi connectivity index (χ0) is 91.5. The van der Waals surface area contributed by atoms with E-state index < -0.39 is 5.41 Å². The van der Waals surface area contributed by atoms with E-state index >= 15 is 0 Å². The zero-order valence-corrected chi connectivity index (χ0v) is 75.8.